The molecule has 1 aliphatic rings. The van der Waals surface area contributed by atoms with E-state index in [0.717, 1.165) is 24.0 Å². The first-order valence-electron chi connectivity index (χ1n) is 9.45. The van der Waals surface area contributed by atoms with Gasteiger partial charge in [0.05, 0.1) is 13.7 Å². The first-order chi connectivity index (χ1) is 13.5. The minimum absolute atomic E-state index is 0.122. The zero-order chi connectivity index (χ0) is 20.1. The normalized spacial score (nSPS) is 14.9. The van der Waals surface area contributed by atoms with Crippen LogP contribution in [0.5, 0.6) is 0 Å². The quantitative estimate of drug-likeness (QED) is 0.663. The molecular weight excluding hydrogens is 396 g/mol. The Morgan fingerprint density at radius 1 is 1.21 bits per heavy atom. The fraction of sp³-hybridized carbons (Fsp3) is 0.429. The number of carbonyl (C=O) groups is 2. The van der Waals surface area contributed by atoms with Crippen molar-refractivity contribution in [2.24, 2.45) is 0 Å². The summed E-state index contributed by atoms with van der Waals surface area (Å²) in [5, 5.41) is 5.90. The van der Waals surface area contributed by atoms with Crippen molar-refractivity contribution in [2.75, 3.05) is 26.0 Å². The highest BCUT2D eigenvalue weighted by Crippen LogP contribution is 2.36. The maximum Gasteiger partial charge on any atom is 0.341 e. The van der Waals surface area contributed by atoms with Crippen molar-refractivity contribution >= 4 is 39.8 Å². The van der Waals surface area contributed by atoms with Gasteiger partial charge >= 0.3 is 5.97 Å². The van der Waals surface area contributed by atoms with Crippen LogP contribution in [0.3, 0.4) is 0 Å². The van der Waals surface area contributed by atoms with Crippen LogP contribution in [0, 0.1) is 0 Å². The third-order valence-electron chi connectivity index (χ3n) is 5.18. The number of nitrogens with one attached hydrogen (secondary N) is 1. The summed E-state index contributed by atoms with van der Waals surface area (Å²) >= 11 is 7.29. The molecule has 1 saturated carbocycles. The van der Waals surface area contributed by atoms with E-state index in [1.807, 2.05) is 24.6 Å². The molecule has 1 aliphatic carbocycles. The summed E-state index contributed by atoms with van der Waals surface area (Å²) in [4.78, 5) is 27.1. The number of rotatable bonds is 6. The molecule has 1 amide bonds. The van der Waals surface area contributed by atoms with E-state index in [0.29, 0.717) is 28.2 Å². The summed E-state index contributed by atoms with van der Waals surface area (Å²) in [5.41, 5.74) is 1.95. The second-order valence-electron chi connectivity index (χ2n) is 7.11. The minimum Gasteiger partial charge on any atom is -0.465 e. The Labute approximate surface area is 174 Å². The molecule has 1 N–H and O–H groups in total. The Kier molecular flexibility index (Phi) is 7.10. The molecule has 28 heavy (non-hydrogen) atoms. The Balaban J connectivity index is 1.76. The number of methoxy groups -OCH3 is 1. The zero-order valence-corrected chi connectivity index (χ0v) is 17.7. The van der Waals surface area contributed by atoms with E-state index in [9.17, 15) is 9.59 Å². The Hall–Kier alpha value is -1.89. The molecule has 150 valence electrons. The van der Waals surface area contributed by atoms with Gasteiger partial charge in [-0.25, -0.2) is 4.79 Å². The number of esters is 1. The zero-order valence-electron chi connectivity index (χ0n) is 16.2. The van der Waals surface area contributed by atoms with Crippen LogP contribution in [-0.4, -0.2) is 43.5 Å². The van der Waals surface area contributed by atoms with Gasteiger partial charge in [-0.2, -0.15) is 0 Å². The summed E-state index contributed by atoms with van der Waals surface area (Å²) in [6, 6.07) is 7.69. The van der Waals surface area contributed by atoms with Crippen LogP contribution >= 0.6 is 22.9 Å². The lowest BCUT2D eigenvalue weighted by Crippen LogP contribution is -2.39. The number of thiophene rings is 1. The lowest BCUT2D eigenvalue weighted by atomic mass is 9.94. The summed E-state index contributed by atoms with van der Waals surface area (Å²) in [7, 11) is 3.33. The maximum atomic E-state index is 12.6. The van der Waals surface area contributed by atoms with E-state index < -0.39 is 5.97 Å². The van der Waals surface area contributed by atoms with E-state index in [2.05, 4.69) is 10.2 Å². The monoisotopic (exact) mass is 420 g/mol. The van der Waals surface area contributed by atoms with Crippen molar-refractivity contribution in [3.8, 4) is 11.1 Å². The van der Waals surface area contributed by atoms with Crippen molar-refractivity contribution in [1.82, 2.24) is 4.90 Å². The van der Waals surface area contributed by atoms with Crippen molar-refractivity contribution in [1.29, 1.82) is 0 Å². The van der Waals surface area contributed by atoms with Crippen LogP contribution in [0.4, 0.5) is 5.00 Å². The smallest absolute Gasteiger partial charge is 0.341 e. The summed E-state index contributed by atoms with van der Waals surface area (Å²) in [5.74, 6) is -0.593. The lowest BCUT2D eigenvalue weighted by Gasteiger charge is -2.30. The minimum atomic E-state index is -0.470. The van der Waals surface area contributed by atoms with Gasteiger partial charge in [0.25, 0.3) is 0 Å². The molecule has 1 aromatic carbocycles. The molecule has 7 heteroatoms. The van der Waals surface area contributed by atoms with Crippen molar-refractivity contribution in [3.63, 3.8) is 0 Å². The Morgan fingerprint density at radius 2 is 1.89 bits per heavy atom. The number of anilines is 1. The Bertz CT molecular complexity index is 829. The predicted molar refractivity (Wildman–Crippen MR) is 114 cm³/mol. The molecule has 0 radical (unpaired) electrons. The number of likely N-dealkylation sites (N-methyl/N-ethyl adjacent to an activating group) is 1. The molecule has 0 spiro atoms. The number of nitrogens with zero attached hydrogens (tertiary/aromatic N) is 1. The van der Waals surface area contributed by atoms with Gasteiger partial charge in [0, 0.05) is 22.0 Å². The van der Waals surface area contributed by atoms with Crippen LogP contribution in [0.1, 0.15) is 42.5 Å². The fourth-order valence-corrected chi connectivity index (χ4v) is 4.74. The fourth-order valence-electron chi connectivity index (χ4n) is 3.64. The van der Waals surface area contributed by atoms with Gasteiger partial charge < -0.3 is 10.1 Å². The van der Waals surface area contributed by atoms with Gasteiger partial charge in [-0.1, -0.05) is 43.0 Å². The van der Waals surface area contributed by atoms with Gasteiger partial charge in [-0.3, -0.25) is 9.69 Å². The molecule has 0 bridgehead atoms. The number of amides is 1. The topological polar surface area (TPSA) is 58.6 Å². The highest BCUT2D eigenvalue weighted by Gasteiger charge is 2.24. The standard InChI is InChI=1S/C21H25ClN2O3S/c1-24(16-6-4-3-5-7-16)12-18(25)23-20-19(21(26)27-2)17(13-28-20)14-8-10-15(22)11-9-14/h8-11,13,16H,3-7,12H2,1-2H3,(H,23,25). The average molecular weight is 421 g/mol. The average Bonchev–Trinajstić information content (AvgIpc) is 3.11. The van der Waals surface area contributed by atoms with Gasteiger partial charge in [-0.15, -0.1) is 11.3 Å². The van der Waals surface area contributed by atoms with Gasteiger partial charge in [-0.05, 0) is 37.6 Å². The number of benzene rings is 1. The van der Waals surface area contributed by atoms with Crippen molar-refractivity contribution < 1.29 is 14.3 Å². The molecule has 0 unspecified atom stereocenters. The van der Waals surface area contributed by atoms with Crippen LogP contribution in [0.2, 0.25) is 5.02 Å². The van der Waals surface area contributed by atoms with Crippen LogP contribution in [0.15, 0.2) is 29.6 Å². The molecule has 2 aromatic rings. The third kappa shape index (κ3) is 4.93. The highest BCUT2D eigenvalue weighted by molar-refractivity contribution is 7.15. The van der Waals surface area contributed by atoms with Crippen LogP contribution in [0.25, 0.3) is 11.1 Å². The molecule has 1 heterocycles. The van der Waals surface area contributed by atoms with Crippen molar-refractivity contribution in [3.05, 3.63) is 40.2 Å². The molecular formula is C21H25ClN2O3S. The Morgan fingerprint density at radius 3 is 2.54 bits per heavy atom. The summed E-state index contributed by atoms with van der Waals surface area (Å²) in [6.07, 6.45) is 5.99. The first-order valence-corrected chi connectivity index (χ1v) is 10.7. The van der Waals surface area contributed by atoms with Crippen LogP contribution in [-0.2, 0) is 9.53 Å². The molecule has 1 aromatic heterocycles. The van der Waals surface area contributed by atoms with E-state index >= 15 is 0 Å². The van der Waals surface area contributed by atoms with Gasteiger partial charge in [0.2, 0.25) is 5.91 Å². The van der Waals surface area contributed by atoms with Crippen LogP contribution < -0.4 is 5.32 Å². The maximum absolute atomic E-state index is 12.6. The molecule has 3 rings (SSSR count). The second kappa shape index (κ2) is 9.54. The van der Waals surface area contributed by atoms with Gasteiger partial charge in [0.15, 0.2) is 0 Å². The summed E-state index contributed by atoms with van der Waals surface area (Å²) in [6.45, 7) is 0.305. The molecule has 0 atom stereocenters. The number of hydrogen-bond donors (Lipinski definition) is 1. The van der Waals surface area contributed by atoms with E-state index in [1.165, 1.54) is 37.7 Å². The molecule has 0 aliphatic heterocycles. The largest absolute Gasteiger partial charge is 0.465 e. The third-order valence-corrected chi connectivity index (χ3v) is 6.33. The molecule has 0 saturated heterocycles. The SMILES string of the molecule is COC(=O)c1c(-c2ccc(Cl)cc2)csc1NC(=O)CN(C)C1CCCCC1. The number of halogens is 1. The van der Waals surface area contributed by atoms with Gasteiger partial charge in [0.1, 0.15) is 10.6 Å². The second-order valence-corrected chi connectivity index (χ2v) is 8.42. The van der Waals surface area contributed by atoms with E-state index in [4.69, 9.17) is 16.3 Å². The highest BCUT2D eigenvalue weighted by atomic mass is 35.5. The lowest BCUT2D eigenvalue weighted by molar-refractivity contribution is -0.117. The summed E-state index contributed by atoms with van der Waals surface area (Å²) < 4.78 is 4.96. The molecule has 5 nitrogen and oxygen atoms in total. The molecule has 1 fully saturated rings. The number of ether oxygens (including phenoxy) is 1. The van der Waals surface area contributed by atoms with E-state index in [1.54, 1.807) is 12.1 Å². The predicted octanol–water partition coefficient (Wildman–Crippen LogP) is 5.06. The van der Waals surface area contributed by atoms with Crippen molar-refractivity contribution in [2.45, 2.75) is 38.1 Å². The number of carbonyl (C=O) groups excluding carboxylic acids is 2. The number of hydrogen-bond acceptors (Lipinski definition) is 5. The van der Waals surface area contributed by atoms with E-state index in [-0.39, 0.29) is 5.91 Å². The first kappa shape index (κ1) is 20.8.